The third-order valence-electron chi connectivity index (χ3n) is 4.79. The van der Waals surface area contributed by atoms with E-state index in [0.29, 0.717) is 12.1 Å². The summed E-state index contributed by atoms with van der Waals surface area (Å²) < 4.78 is 16.5. The van der Waals surface area contributed by atoms with Gasteiger partial charge in [-0.15, -0.1) is 5.10 Å². The zero-order valence-electron chi connectivity index (χ0n) is 17.0. The molecular weight excluding hydrogens is 397 g/mol. The zero-order chi connectivity index (χ0) is 21.8. The molecule has 0 aliphatic rings. The molecule has 0 atom stereocenters. The summed E-state index contributed by atoms with van der Waals surface area (Å²) >= 11 is 0. The Morgan fingerprint density at radius 2 is 1.81 bits per heavy atom. The number of aryl methyl sites for hydroxylation is 2. The van der Waals surface area contributed by atoms with Crippen molar-refractivity contribution in [2.45, 2.75) is 6.42 Å². The van der Waals surface area contributed by atoms with E-state index < -0.39 is 0 Å². The molecule has 4 aromatic rings. The van der Waals surface area contributed by atoms with Crippen molar-refractivity contribution < 1.29 is 9.18 Å². The first kappa shape index (κ1) is 20.1. The first-order valence-corrected chi connectivity index (χ1v) is 9.57. The van der Waals surface area contributed by atoms with Crippen molar-refractivity contribution in [2.24, 2.45) is 14.1 Å². The Bertz CT molecular complexity index is 1220. The molecule has 31 heavy (non-hydrogen) atoms. The number of amides is 1. The van der Waals surface area contributed by atoms with E-state index >= 15 is 0 Å². The minimum atomic E-state index is -0.304. The van der Waals surface area contributed by atoms with Gasteiger partial charge in [0.15, 0.2) is 5.82 Å². The van der Waals surface area contributed by atoms with Gasteiger partial charge in [0.25, 0.3) is 0 Å². The normalized spacial score (nSPS) is 11.2. The van der Waals surface area contributed by atoms with Gasteiger partial charge in [0, 0.05) is 43.4 Å². The SMILES string of the molecule is Cn1nnnc1Cc1ccc(NC(=O)/C=C/c2cnn(C)c2-c2ccc(F)cc2)cc1. The van der Waals surface area contributed by atoms with Crippen LogP contribution in [0.25, 0.3) is 17.3 Å². The highest BCUT2D eigenvalue weighted by Crippen LogP contribution is 2.24. The number of hydrogen-bond donors (Lipinski definition) is 1. The van der Waals surface area contributed by atoms with Crippen LogP contribution in [0.3, 0.4) is 0 Å². The van der Waals surface area contributed by atoms with Gasteiger partial charge in [-0.05, 0) is 58.5 Å². The van der Waals surface area contributed by atoms with Gasteiger partial charge in [-0.25, -0.2) is 9.07 Å². The molecule has 9 heteroatoms. The van der Waals surface area contributed by atoms with Crippen LogP contribution in [-0.4, -0.2) is 35.9 Å². The number of nitrogens with zero attached hydrogens (tertiary/aromatic N) is 6. The summed E-state index contributed by atoms with van der Waals surface area (Å²) in [6.07, 6.45) is 5.41. The Kier molecular flexibility index (Phi) is 5.65. The molecule has 0 bridgehead atoms. The molecule has 1 amide bonds. The molecule has 0 saturated heterocycles. The maximum Gasteiger partial charge on any atom is 0.248 e. The molecule has 0 spiro atoms. The van der Waals surface area contributed by atoms with Crippen molar-refractivity contribution in [3.05, 3.63) is 83.6 Å². The van der Waals surface area contributed by atoms with E-state index in [1.165, 1.54) is 18.2 Å². The molecular formula is C22H20FN7O. The number of carbonyl (C=O) groups excluding carboxylic acids is 1. The summed E-state index contributed by atoms with van der Waals surface area (Å²) in [6, 6.07) is 13.7. The highest BCUT2D eigenvalue weighted by molar-refractivity contribution is 6.02. The largest absolute Gasteiger partial charge is 0.323 e. The Balaban J connectivity index is 1.42. The number of hydrogen-bond acceptors (Lipinski definition) is 5. The number of rotatable bonds is 6. The smallest absolute Gasteiger partial charge is 0.248 e. The molecule has 0 unspecified atom stereocenters. The average molecular weight is 417 g/mol. The Morgan fingerprint density at radius 1 is 1.06 bits per heavy atom. The molecule has 2 aromatic heterocycles. The number of nitrogens with one attached hydrogen (secondary N) is 1. The quantitative estimate of drug-likeness (QED) is 0.487. The van der Waals surface area contributed by atoms with Gasteiger partial charge < -0.3 is 5.32 Å². The Hall–Kier alpha value is -4.14. The van der Waals surface area contributed by atoms with Crippen LogP contribution in [0.15, 0.2) is 60.8 Å². The number of aromatic nitrogens is 6. The predicted molar refractivity (Wildman–Crippen MR) is 114 cm³/mol. The van der Waals surface area contributed by atoms with Gasteiger partial charge in [0.05, 0.1) is 11.9 Å². The fourth-order valence-corrected chi connectivity index (χ4v) is 3.17. The van der Waals surface area contributed by atoms with Crippen LogP contribution >= 0.6 is 0 Å². The summed E-state index contributed by atoms with van der Waals surface area (Å²) in [5.74, 6) is 0.189. The summed E-state index contributed by atoms with van der Waals surface area (Å²) in [7, 11) is 3.59. The van der Waals surface area contributed by atoms with Gasteiger partial charge in [-0.2, -0.15) is 5.10 Å². The van der Waals surface area contributed by atoms with Crippen LogP contribution in [0.2, 0.25) is 0 Å². The molecule has 0 radical (unpaired) electrons. The first-order valence-electron chi connectivity index (χ1n) is 9.57. The summed E-state index contributed by atoms with van der Waals surface area (Å²) in [5.41, 5.74) is 4.09. The van der Waals surface area contributed by atoms with Crippen molar-refractivity contribution in [1.29, 1.82) is 0 Å². The number of carbonyl (C=O) groups is 1. The fourth-order valence-electron chi connectivity index (χ4n) is 3.17. The van der Waals surface area contributed by atoms with Crippen LogP contribution in [0.4, 0.5) is 10.1 Å². The lowest BCUT2D eigenvalue weighted by Gasteiger charge is -2.05. The van der Waals surface area contributed by atoms with Crippen LogP contribution in [0.1, 0.15) is 17.0 Å². The topological polar surface area (TPSA) is 90.5 Å². The second-order valence-electron chi connectivity index (χ2n) is 6.99. The molecule has 2 heterocycles. The summed E-state index contributed by atoms with van der Waals surface area (Å²) in [5, 5.41) is 18.5. The number of anilines is 1. The van der Waals surface area contributed by atoms with E-state index in [1.807, 2.05) is 24.3 Å². The summed E-state index contributed by atoms with van der Waals surface area (Å²) in [6.45, 7) is 0. The monoisotopic (exact) mass is 417 g/mol. The van der Waals surface area contributed by atoms with Gasteiger partial charge >= 0.3 is 0 Å². The fraction of sp³-hybridized carbons (Fsp3) is 0.136. The Labute approximate surface area is 178 Å². The van der Waals surface area contributed by atoms with E-state index in [1.54, 1.807) is 47.9 Å². The second kappa shape index (κ2) is 8.70. The van der Waals surface area contributed by atoms with Gasteiger partial charge in [-0.1, -0.05) is 12.1 Å². The van der Waals surface area contributed by atoms with Gasteiger partial charge in [-0.3, -0.25) is 9.48 Å². The number of tetrazole rings is 1. The van der Waals surface area contributed by atoms with Gasteiger partial charge in [0.1, 0.15) is 5.82 Å². The van der Waals surface area contributed by atoms with E-state index in [-0.39, 0.29) is 11.7 Å². The van der Waals surface area contributed by atoms with E-state index in [0.717, 1.165) is 28.2 Å². The van der Waals surface area contributed by atoms with Crippen LogP contribution in [0, 0.1) is 5.82 Å². The lowest BCUT2D eigenvalue weighted by atomic mass is 10.1. The first-order chi connectivity index (χ1) is 15.0. The van der Waals surface area contributed by atoms with Crippen molar-refractivity contribution in [1.82, 2.24) is 30.0 Å². The minimum Gasteiger partial charge on any atom is -0.323 e. The minimum absolute atomic E-state index is 0.265. The molecule has 2 aromatic carbocycles. The van der Waals surface area contributed by atoms with Crippen molar-refractivity contribution in [3.8, 4) is 11.3 Å². The zero-order valence-corrected chi connectivity index (χ0v) is 17.0. The predicted octanol–water partition coefficient (Wildman–Crippen LogP) is 2.99. The standard InChI is InChI=1S/C22H20FN7O/c1-29-20(26-27-28-29)13-15-3-10-19(11-4-15)25-21(31)12-7-17-14-24-30(2)22(17)16-5-8-18(23)9-6-16/h3-12,14H,13H2,1-2H3,(H,25,31)/b12-7+. The maximum absolute atomic E-state index is 13.2. The van der Waals surface area contributed by atoms with E-state index in [9.17, 15) is 9.18 Å². The highest BCUT2D eigenvalue weighted by Gasteiger charge is 2.10. The number of benzene rings is 2. The lowest BCUT2D eigenvalue weighted by Crippen LogP contribution is -2.08. The van der Waals surface area contributed by atoms with Crippen molar-refractivity contribution in [2.75, 3.05) is 5.32 Å². The third-order valence-corrected chi connectivity index (χ3v) is 4.79. The average Bonchev–Trinajstić information content (AvgIpc) is 3.34. The van der Waals surface area contributed by atoms with Crippen molar-refractivity contribution in [3.63, 3.8) is 0 Å². The molecule has 0 saturated carbocycles. The molecule has 0 aliphatic carbocycles. The maximum atomic E-state index is 13.2. The molecule has 1 N–H and O–H groups in total. The Morgan fingerprint density at radius 3 is 2.48 bits per heavy atom. The molecule has 4 rings (SSSR count). The molecule has 156 valence electrons. The van der Waals surface area contributed by atoms with E-state index in [2.05, 4.69) is 25.9 Å². The lowest BCUT2D eigenvalue weighted by molar-refractivity contribution is -0.111. The highest BCUT2D eigenvalue weighted by atomic mass is 19.1. The van der Waals surface area contributed by atoms with E-state index in [4.69, 9.17) is 0 Å². The van der Waals surface area contributed by atoms with Crippen LogP contribution < -0.4 is 5.32 Å². The third kappa shape index (κ3) is 4.72. The molecule has 8 nitrogen and oxygen atoms in total. The molecule has 0 aliphatic heterocycles. The van der Waals surface area contributed by atoms with Crippen molar-refractivity contribution >= 4 is 17.7 Å². The summed E-state index contributed by atoms with van der Waals surface area (Å²) in [4.78, 5) is 12.4. The van der Waals surface area contributed by atoms with Crippen LogP contribution in [0.5, 0.6) is 0 Å². The number of halogens is 1. The second-order valence-corrected chi connectivity index (χ2v) is 6.99. The van der Waals surface area contributed by atoms with Crippen LogP contribution in [-0.2, 0) is 25.3 Å². The van der Waals surface area contributed by atoms with Gasteiger partial charge in [0.2, 0.25) is 5.91 Å². The molecule has 0 fully saturated rings.